The van der Waals surface area contributed by atoms with Crippen LogP contribution in [0.4, 0.5) is 10.3 Å². The topological polar surface area (TPSA) is 104 Å². The van der Waals surface area contributed by atoms with Crippen molar-refractivity contribution in [2.45, 2.75) is 32.1 Å². The van der Waals surface area contributed by atoms with Crippen molar-refractivity contribution < 1.29 is 13.9 Å². The average Bonchev–Trinajstić information content (AvgIpc) is 2.72. The fourth-order valence-corrected chi connectivity index (χ4v) is 3.84. The molecule has 1 aliphatic carbocycles. The number of ether oxygens (including phenoxy) is 1. The van der Waals surface area contributed by atoms with Crippen LogP contribution in [0.3, 0.4) is 0 Å². The Morgan fingerprint density at radius 3 is 2.79 bits per heavy atom. The minimum Gasteiger partial charge on any atom is -0.480 e. The SMILES string of the molecule is CCc1nc(N)nc2c1C(=O)CC(c1ccc(F)cc1-c1cncc(OC)n1)C2. The summed E-state index contributed by atoms with van der Waals surface area (Å²) in [5, 5.41) is 0. The third kappa shape index (κ3) is 3.53. The zero-order valence-corrected chi connectivity index (χ0v) is 16.1. The molecule has 3 aromatic rings. The van der Waals surface area contributed by atoms with E-state index in [2.05, 4.69) is 19.9 Å². The molecule has 0 aliphatic heterocycles. The molecule has 1 unspecified atom stereocenters. The van der Waals surface area contributed by atoms with E-state index in [4.69, 9.17) is 10.5 Å². The first-order valence-electron chi connectivity index (χ1n) is 9.34. The van der Waals surface area contributed by atoms with E-state index in [9.17, 15) is 9.18 Å². The number of nitrogens with two attached hydrogens (primary N) is 1. The lowest BCUT2D eigenvalue weighted by Crippen LogP contribution is -2.24. The summed E-state index contributed by atoms with van der Waals surface area (Å²) in [6, 6.07) is 4.49. The van der Waals surface area contributed by atoms with Crippen molar-refractivity contribution in [3.05, 3.63) is 58.9 Å². The van der Waals surface area contributed by atoms with Crippen LogP contribution >= 0.6 is 0 Å². The number of ketones is 1. The van der Waals surface area contributed by atoms with Crippen LogP contribution < -0.4 is 10.5 Å². The minimum atomic E-state index is -0.393. The van der Waals surface area contributed by atoms with Crippen molar-refractivity contribution in [3.8, 4) is 17.1 Å². The molecule has 0 radical (unpaired) electrons. The van der Waals surface area contributed by atoms with Crippen LogP contribution in [0.25, 0.3) is 11.3 Å². The molecule has 1 aromatic carbocycles. The second-order valence-corrected chi connectivity index (χ2v) is 6.91. The van der Waals surface area contributed by atoms with Crippen LogP contribution in [0.15, 0.2) is 30.6 Å². The van der Waals surface area contributed by atoms with Gasteiger partial charge in [-0.1, -0.05) is 13.0 Å². The maximum atomic E-state index is 14.1. The maximum absolute atomic E-state index is 14.1. The number of aromatic nitrogens is 4. The van der Waals surface area contributed by atoms with Crippen molar-refractivity contribution >= 4 is 11.7 Å². The van der Waals surface area contributed by atoms with Gasteiger partial charge in [0.2, 0.25) is 11.8 Å². The highest BCUT2D eigenvalue weighted by Gasteiger charge is 2.31. The lowest BCUT2D eigenvalue weighted by atomic mass is 9.79. The maximum Gasteiger partial charge on any atom is 0.232 e. The van der Waals surface area contributed by atoms with Gasteiger partial charge in [0, 0.05) is 12.0 Å². The summed E-state index contributed by atoms with van der Waals surface area (Å²) in [4.78, 5) is 30.0. The van der Waals surface area contributed by atoms with Crippen LogP contribution in [0.2, 0.25) is 0 Å². The number of carbonyl (C=O) groups excluding carboxylic acids is 1. The number of carbonyl (C=O) groups is 1. The molecule has 2 aromatic heterocycles. The van der Waals surface area contributed by atoms with Crippen molar-refractivity contribution in [2.24, 2.45) is 0 Å². The second-order valence-electron chi connectivity index (χ2n) is 6.91. The summed E-state index contributed by atoms with van der Waals surface area (Å²) in [6.45, 7) is 1.93. The molecule has 0 spiro atoms. The summed E-state index contributed by atoms with van der Waals surface area (Å²) in [6.07, 6.45) is 4.43. The van der Waals surface area contributed by atoms with Crippen molar-refractivity contribution in [1.29, 1.82) is 0 Å². The van der Waals surface area contributed by atoms with Crippen LogP contribution in [0.5, 0.6) is 5.88 Å². The predicted molar refractivity (Wildman–Crippen MR) is 105 cm³/mol. The van der Waals surface area contributed by atoms with Gasteiger partial charge in [0.05, 0.1) is 42.1 Å². The Hall–Kier alpha value is -3.42. The number of Topliss-reactive ketones (excluding diaryl/α,β-unsaturated/α-hetero) is 1. The van der Waals surface area contributed by atoms with E-state index in [1.54, 1.807) is 12.3 Å². The second kappa shape index (κ2) is 7.54. The highest BCUT2D eigenvalue weighted by molar-refractivity contribution is 6.00. The molecule has 1 atom stereocenters. The van der Waals surface area contributed by atoms with Gasteiger partial charge in [-0.05, 0) is 36.5 Å². The van der Waals surface area contributed by atoms with Gasteiger partial charge in [-0.25, -0.2) is 19.3 Å². The molecule has 2 N–H and O–H groups in total. The summed E-state index contributed by atoms with van der Waals surface area (Å²) < 4.78 is 19.2. The van der Waals surface area contributed by atoms with Crippen molar-refractivity contribution in [1.82, 2.24) is 19.9 Å². The van der Waals surface area contributed by atoms with Crippen LogP contribution in [0.1, 0.15) is 46.6 Å². The molecule has 1 aliphatic rings. The number of nitrogens with zero attached hydrogens (tertiary/aromatic N) is 4. The van der Waals surface area contributed by atoms with E-state index in [1.807, 2.05) is 6.92 Å². The van der Waals surface area contributed by atoms with Crippen LogP contribution in [0, 0.1) is 5.82 Å². The lowest BCUT2D eigenvalue weighted by Gasteiger charge is -2.26. The van der Waals surface area contributed by atoms with Gasteiger partial charge in [-0.15, -0.1) is 0 Å². The summed E-state index contributed by atoms with van der Waals surface area (Å²) >= 11 is 0. The molecule has 0 saturated carbocycles. The number of anilines is 1. The number of hydrogen-bond acceptors (Lipinski definition) is 7. The Labute approximate surface area is 167 Å². The molecule has 7 nitrogen and oxygen atoms in total. The first-order chi connectivity index (χ1) is 14.0. The Morgan fingerprint density at radius 2 is 2.03 bits per heavy atom. The van der Waals surface area contributed by atoms with Crippen molar-refractivity contribution in [3.63, 3.8) is 0 Å². The fraction of sp³-hybridized carbons (Fsp3) is 0.286. The smallest absolute Gasteiger partial charge is 0.232 e. The Bertz CT molecular complexity index is 1100. The quantitative estimate of drug-likeness (QED) is 0.726. The van der Waals surface area contributed by atoms with Gasteiger partial charge in [-0.2, -0.15) is 0 Å². The van der Waals surface area contributed by atoms with E-state index in [0.29, 0.717) is 46.9 Å². The minimum absolute atomic E-state index is 0.0277. The van der Waals surface area contributed by atoms with E-state index in [0.717, 1.165) is 5.56 Å². The third-order valence-corrected chi connectivity index (χ3v) is 5.11. The molecule has 0 bridgehead atoms. The number of rotatable bonds is 4. The predicted octanol–water partition coefficient (Wildman–Crippen LogP) is 3.14. The zero-order chi connectivity index (χ0) is 20.5. The number of nitrogen functional groups attached to an aromatic ring is 1. The molecule has 0 fully saturated rings. The van der Waals surface area contributed by atoms with Crippen LogP contribution in [-0.2, 0) is 12.8 Å². The Morgan fingerprint density at radius 1 is 1.21 bits per heavy atom. The monoisotopic (exact) mass is 393 g/mol. The molecule has 4 rings (SSSR count). The number of hydrogen-bond donors (Lipinski definition) is 1. The first-order valence-corrected chi connectivity index (χ1v) is 9.34. The van der Waals surface area contributed by atoms with E-state index >= 15 is 0 Å². The first kappa shape index (κ1) is 18.9. The summed E-state index contributed by atoms with van der Waals surface area (Å²) in [5.74, 6) is -0.114. The van der Waals surface area contributed by atoms with Gasteiger partial charge >= 0.3 is 0 Å². The molecule has 2 heterocycles. The highest BCUT2D eigenvalue weighted by atomic mass is 19.1. The number of methoxy groups -OCH3 is 1. The van der Waals surface area contributed by atoms with E-state index in [1.165, 1.54) is 25.4 Å². The zero-order valence-electron chi connectivity index (χ0n) is 16.1. The fourth-order valence-electron chi connectivity index (χ4n) is 3.84. The van der Waals surface area contributed by atoms with Crippen molar-refractivity contribution in [2.75, 3.05) is 12.8 Å². The van der Waals surface area contributed by atoms with Gasteiger partial charge in [0.15, 0.2) is 5.78 Å². The number of halogens is 1. The molecule has 148 valence electrons. The molecular formula is C21H20FN5O2. The van der Waals surface area contributed by atoms with Gasteiger partial charge in [-0.3, -0.25) is 9.78 Å². The Balaban J connectivity index is 1.80. The molecule has 8 heteroatoms. The third-order valence-electron chi connectivity index (χ3n) is 5.11. The molecule has 0 amide bonds. The van der Waals surface area contributed by atoms with Gasteiger partial charge in [0.25, 0.3) is 0 Å². The molecular weight excluding hydrogens is 373 g/mol. The lowest BCUT2D eigenvalue weighted by molar-refractivity contribution is 0.0961. The molecule has 29 heavy (non-hydrogen) atoms. The number of aryl methyl sites for hydroxylation is 1. The summed E-state index contributed by atoms with van der Waals surface area (Å²) in [5.41, 5.74) is 9.60. The van der Waals surface area contributed by atoms with Gasteiger partial charge < -0.3 is 10.5 Å². The average molecular weight is 393 g/mol. The standard InChI is InChI=1S/C21H20FN5O2/c1-3-15-20-16(27-21(23)26-15)6-11(7-18(20)28)13-5-4-12(22)8-14(13)17-9-24-10-19(25-17)29-2/h4-5,8-11H,3,6-7H2,1-2H3,(H2,23,26,27). The number of benzene rings is 1. The number of fused-ring (bicyclic) bond motifs is 1. The summed E-state index contributed by atoms with van der Waals surface area (Å²) in [7, 11) is 1.49. The van der Waals surface area contributed by atoms with Gasteiger partial charge in [0.1, 0.15) is 5.82 Å². The van der Waals surface area contributed by atoms with E-state index in [-0.39, 0.29) is 24.1 Å². The Kier molecular flexibility index (Phi) is 4.92. The van der Waals surface area contributed by atoms with E-state index < -0.39 is 5.82 Å². The normalized spacial score (nSPS) is 15.8. The highest BCUT2D eigenvalue weighted by Crippen LogP contribution is 2.38. The largest absolute Gasteiger partial charge is 0.480 e. The van der Waals surface area contributed by atoms with Crippen LogP contribution in [-0.4, -0.2) is 32.8 Å². The molecule has 0 saturated heterocycles.